The van der Waals surface area contributed by atoms with Gasteiger partial charge in [0.05, 0.1) is 12.1 Å². The molecule has 1 heterocycles. The zero-order valence-electron chi connectivity index (χ0n) is 11.6. The summed E-state index contributed by atoms with van der Waals surface area (Å²) in [6, 6.07) is 1.71. The van der Waals surface area contributed by atoms with Gasteiger partial charge >= 0.3 is 0 Å². The average molecular weight is 287 g/mol. The van der Waals surface area contributed by atoms with E-state index in [1.807, 2.05) is 0 Å². The second-order valence-corrected chi connectivity index (χ2v) is 5.70. The number of nitrogens with two attached hydrogens (primary N) is 1. The number of amides is 1. The summed E-state index contributed by atoms with van der Waals surface area (Å²) >= 11 is 0. The fraction of sp³-hybridized carbons (Fsp3) is 0.643. The predicted octanol–water partition coefficient (Wildman–Crippen LogP) is 2.86. The van der Waals surface area contributed by atoms with Gasteiger partial charge < -0.3 is 15.5 Å². The van der Waals surface area contributed by atoms with Gasteiger partial charge in [0, 0.05) is 5.54 Å². The van der Waals surface area contributed by atoms with Crippen LogP contribution in [0, 0.1) is 5.92 Å². The molecule has 3 N–H and O–H groups in total. The first-order valence-corrected chi connectivity index (χ1v) is 6.62. The number of carbonyl (C=O) groups excluding carboxylic acids is 1. The number of rotatable bonds is 3. The zero-order valence-corrected chi connectivity index (χ0v) is 12.4. The van der Waals surface area contributed by atoms with Gasteiger partial charge in [-0.15, -0.1) is 12.4 Å². The number of halogens is 1. The summed E-state index contributed by atoms with van der Waals surface area (Å²) in [6.07, 6.45) is 5.92. The minimum Gasteiger partial charge on any atom is -0.467 e. The van der Waals surface area contributed by atoms with Gasteiger partial charge in [-0.1, -0.05) is 6.92 Å². The van der Waals surface area contributed by atoms with Crippen molar-refractivity contribution in [1.82, 2.24) is 5.32 Å². The van der Waals surface area contributed by atoms with Crippen LogP contribution in [0.15, 0.2) is 16.7 Å². The second kappa shape index (κ2) is 6.44. The maximum atomic E-state index is 12.1. The van der Waals surface area contributed by atoms with Crippen molar-refractivity contribution in [3.8, 4) is 0 Å². The van der Waals surface area contributed by atoms with Crippen LogP contribution in [0.4, 0.5) is 0 Å². The Morgan fingerprint density at radius 2 is 2.16 bits per heavy atom. The fourth-order valence-electron chi connectivity index (χ4n) is 2.48. The van der Waals surface area contributed by atoms with Crippen LogP contribution >= 0.6 is 12.4 Å². The molecule has 0 radical (unpaired) electrons. The number of nitrogens with one attached hydrogen (secondary N) is 1. The fourth-order valence-corrected chi connectivity index (χ4v) is 2.48. The highest BCUT2D eigenvalue weighted by atomic mass is 35.5. The van der Waals surface area contributed by atoms with Gasteiger partial charge in [0.15, 0.2) is 0 Å². The smallest absolute Gasteiger partial charge is 0.254 e. The van der Waals surface area contributed by atoms with E-state index in [1.165, 1.54) is 19.1 Å². The molecule has 1 aliphatic rings. The molecule has 1 fully saturated rings. The van der Waals surface area contributed by atoms with Gasteiger partial charge in [0.2, 0.25) is 0 Å². The molecule has 1 saturated carbocycles. The van der Waals surface area contributed by atoms with E-state index in [-0.39, 0.29) is 23.9 Å². The van der Waals surface area contributed by atoms with Crippen LogP contribution in [0.1, 0.15) is 55.6 Å². The lowest BCUT2D eigenvalue weighted by atomic mass is 9.78. The van der Waals surface area contributed by atoms with Crippen molar-refractivity contribution in [2.45, 2.75) is 51.6 Å². The van der Waals surface area contributed by atoms with E-state index in [0.717, 1.165) is 18.8 Å². The van der Waals surface area contributed by atoms with Crippen molar-refractivity contribution in [3.63, 3.8) is 0 Å². The molecule has 1 amide bonds. The van der Waals surface area contributed by atoms with Crippen molar-refractivity contribution >= 4 is 18.3 Å². The molecule has 0 spiro atoms. The maximum Gasteiger partial charge on any atom is 0.254 e. The molecule has 1 aliphatic carbocycles. The minimum atomic E-state index is -0.0796. The quantitative estimate of drug-likeness (QED) is 0.898. The molecule has 0 saturated heterocycles. The number of furan rings is 1. The SMILES string of the molecule is CC1CCC(C)(NC(=O)c2coc(CN)c2)CC1.Cl. The zero-order chi connectivity index (χ0) is 13.2. The van der Waals surface area contributed by atoms with Gasteiger partial charge in [-0.05, 0) is 44.6 Å². The molecular formula is C14H23ClN2O2. The Hall–Kier alpha value is -1.00. The van der Waals surface area contributed by atoms with Crippen LogP contribution < -0.4 is 11.1 Å². The van der Waals surface area contributed by atoms with E-state index in [2.05, 4.69) is 19.2 Å². The number of hydrogen-bond donors (Lipinski definition) is 2. The van der Waals surface area contributed by atoms with E-state index in [1.54, 1.807) is 6.07 Å². The summed E-state index contributed by atoms with van der Waals surface area (Å²) in [5.41, 5.74) is 5.95. The summed E-state index contributed by atoms with van der Waals surface area (Å²) in [5, 5.41) is 3.13. The molecule has 108 valence electrons. The van der Waals surface area contributed by atoms with Crippen LogP contribution in [0.3, 0.4) is 0 Å². The van der Waals surface area contributed by atoms with E-state index < -0.39 is 0 Å². The summed E-state index contributed by atoms with van der Waals surface area (Å²) in [6.45, 7) is 4.72. The molecular weight excluding hydrogens is 264 g/mol. The Bertz CT molecular complexity index is 423. The molecule has 19 heavy (non-hydrogen) atoms. The largest absolute Gasteiger partial charge is 0.467 e. The molecule has 4 nitrogen and oxygen atoms in total. The van der Waals surface area contributed by atoms with Crippen molar-refractivity contribution < 1.29 is 9.21 Å². The third-order valence-corrected chi connectivity index (χ3v) is 3.91. The van der Waals surface area contributed by atoms with Crippen LogP contribution in [-0.2, 0) is 6.54 Å². The second-order valence-electron chi connectivity index (χ2n) is 5.70. The lowest BCUT2D eigenvalue weighted by Gasteiger charge is -2.37. The van der Waals surface area contributed by atoms with Crippen molar-refractivity contribution in [2.24, 2.45) is 11.7 Å². The molecule has 0 unspecified atom stereocenters. The molecule has 0 aliphatic heterocycles. The third-order valence-electron chi connectivity index (χ3n) is 3.91. The van der Waals surface area contributed by atoms with E-state index in [0.29, 0.717) is 17.9 Å². The number of carbonyl (C=O) groups is 1. The highest BCUT2D eigenvalue weighted by Gasteiger charge is 2.31. The van der Waals surface area contributed by atoms with Gasteiger partial charge in [0.1, 0.15) is 12.0 Å². The summed E-state index contributed by atoms with van der Waals surface area (Å²) < 4.78 is 5.19. The molecule has 5 heteroatoms. The monoisotopic (exact) mass is 286 g/mol. The highest BCUT2D eigenvalue weighted by Crippen LogP contribution is 2.31. The lowest BCUT2D eigenvalue weighted by molar-refractivity contribution is 0.0869. The van der Waals surface area contributed by atoms with Crippen molar-refractivity contribution in [3.05, 3.63) is 23.7 Å². The first-order chi connectivity index (χ1) is 8.52. The van der Waals surface area contributed by atoms with Gasteiger partial charge in [0.25, 0.3) is 5.91 Å². The predicted molar refractivity (Wildman–Crippen MR) is 77.4 cm³/mol. The van der Waals surface area contributed by atoms with Crippen LogP contribution in [-0.4, -0.2) is 11.4 Å². The summed E-state index contributed by atoms with van der Waals surface area (Å²) in [4.78, 5) is 12.1. The first kappa shape index (κ1) is 16.1. The molecule has 0 aromatic carbocycles. The molecule has 1 aromatic rings. The normalized spacial score (nSPS) is 26.6. The topological polar surface area (TPSA) is 68.3 Å². The summed E-state index contributed by atoms with van der Waals surface area (Å²) in [7, 11) is 0. The lowest BCUT2D eigenvalue weighted by Crippen LogP contribution is -2.48. The Balaban J connectivity index is 0.00000180. The molecule has 0 atom stereocenters. The van der Waals surface area contributed by atoms with Crippen LogP contribution in [0.25, 0.3) is 0 Å². The van der Waals surface area contributed by atoms with Crippen molar-refractivity contribution in [1.29, 1.82) is 0 Å². The Labute approximate surface area is 120 Å². The third kappa shape index (κ3) is 3.98. The van der Waals surface area contributed by atoms with Crippen molar-refractivity contribution in [2.75, 3.05) is 0 Å². The Morgan fingerprint density at radius 1 is 1.53 bits per heavy atom. The van der Waals surface area contributed by atoms with Crippen LogP contribution in [0.2, 0.25) is 0 Å². The van der Waals surface area contributed by atoms with E-state index in [4.69, 9.17) is 10.2 Å². The van der Waals surface area contributed by atoms with E-state index in [9.17, 15) is 4.79 Å². The summed E-state index contributed by atoms with van der Waals surface area (Å²) in [5.74, 6) is 1.35. The van der Waals surface area contributed by atoms with Gasteiger partial charge in [-0.2, -0.15) is 0 Å². The van der Waals surface area contributed by atoms with Gasteiger partial charge in [-0.3, -0.25) is 4.79 Å². The first-order valence-electron chi connectivity index (χ1n) is 6.62. The Morgan fingerprint density at radius 3 is 2.68 bits per heavy atom. The Kier molecular flexibility index (Phi) is 5.44. The standard InChI is InChI=1S/C14H22N2O2.ClH/c1-10-3-5-14(2,6-4-10)16-13(17)11-7-12(8-15)18-9-11;/h7,9-10H,3-6,8,15H2,1-2H3,(H,16,17);1H. The molecule has 2 rings (SSSR count). The maximum absolute atomic E-state index is 12.1. The van der Waals surface area contributed by atoms with Crippen LogP contribution in [0.5, 0.6) is 0 Å². The minimum absolute atomic E-state index is 0. The molecule has 1 aromatic heterocycles. The number of hydrogen-bond acceptors (Lipinski definition) is 3. The van der Waals surface area contributed by atoms with Gasteiger partial charge in [-0.25, -0.2) is 0 Å². The average Bonchev–Trinajstić information content (AvgIpc) is 2.82. The highest BCUT2D eigenvalue weighted by molar-refractivity contribution is 5.94. The molecule has 0 bridgehead atoms. The van der Waals surface area contributed by atoms with E-state index >= 15 is 0 Å².